The van der Waals surface area contributed by atoms with Crippen molar-refractivity contribution in [3.05, 3.63) is 98.0 Å². The average Bonchev–Trinajstić information content (AvgIpc) is 2.83. The second-order valence-electron chi connectivity index (χ2n) is 6.96. The maximum atomic E-state index is 4.72. The lowest BCUT2D eigenvalue weighted by Crippen LogP contribution is -2.66. The van der Waals surface area contributed by atoms with Crippen LogP contribution >= 0.6 is 0 Å². The molecule has 0 saturated carbocycles. The Morgan fingerprint density at radius 1 is 0.567 bits per heavy atom. The lowest BCUT2D eigenvalue weighted by molar-refractivity contribution is -1.27. The Labute approximate surface area is 171 Å². The van der Waals surface area contributed by atoms with Crippen LogP contribution in [0.15, 0.2) is 98.0 Å². The highest BCUT2D eigenvalue weighted by molar-refractivity contribution is 6.00. The fourth-order valence-electron chi connectivity index (χ4n) is 3.93. The van der Waals surface area contributed by atoms with Crippen molar-refractivity contribution < 1.29 is 9.35 Å². The van der Waals surface area contributed by atoms with E-state index < -0.39 is 0 Å². The summed E-state index contributed by atoms with van der Waals surface area (Å²) in [5.74, 6) is 0. The van der Waals surface area contributed by atoms with Crippen LogP contribution in [0, 0.1) is 0 Å². The molecule has 6 rings (SSSR count). The summed E-state index contributed by atoms with van der Waals surface area (Å²) in [6.45, 7) is 0. The van der Waals surface area contributed by atoms with Gasteiger partial charge < -0.3 is 0 Å². The zero-order valence-electron chi connectivity index (χ0n) is 15.9. The quantitative estimate of drug-likeness (QED) is 0.427. The Kier molecular flexibility index (Phi) is 3.67. The molecule has 0 atom stereocenters. The van der Waals surface area contributed by atoms with Gasteiger partial charge in [-0.1, -0.05) is 6.07 Å². The van der Waals surface area contributed by atoms with E-state index in [0.717, 1.165) is 44.1 Å². The summed E-state index contributed by atoms with van der Waals surface area (Å²) in [4.78, 5) is 18.0. The molecule has 0 aliphatic carbocycles. The first-order chi connectivity index (χ1) is 14.9. The van der Waals surface area contributed by atoms with Crippen LogP contribution in [0.1, 0.15) is 0 Å². The maximum absolute atomic E-state index is 4.72. The Bertz CT molecular complexity index is 1430. The van der Waals surface area contributed by atoms with E-state index in [9.17, 15) is 0 Å². The second kappa shape index (κ2) is 6.63. The third-order valence-corrected chi connectivity index (χ3v) is 5.26. The summed E-state index contributed by atoms with van der Waals surface area (Å²) >= 11 is 0. The molecular weight excluding hydrogens is 372 g/mol. The van der Waals surface area contributed by atoms with Crippen molar-refractivity contribution >= 4 is 32.8 Å². The first kappa shape index (κ1) is 16.6. The van der Waals surface area contributed by atoms with Crippen molar-refractivity contribution in [3.8, 4) is 11.3 Å². The third kappa shape index (κ3) is 2.51. The van der Waals surface area contributed by atoms with Crippen LogP contribution in [0.5, 0.6) is 0 Å². The van der Waals surface area contributed by atoms with Gasteiger partial charge >= 0.3 is 5.52 Å². The lowest BCUT2D eigenvalue weighted by Gasteiger charge is -2.06. The Morgan fingerprint density at radius 3 is 2.27 bits per heavy atom. The highest BCUT2D eigenvalue weighted by Crippen LogP contribution is 2.29. The van der Waals surface area contributed by atoms with E-state index in [2.05, 4.69) is 42.5 Å². The van der Waals surface area contributed by atoms with Crippen LogP contribution in [0.4, 0.5) is 0 Å². The molecule has 0 aliphatic rings. The molecule has 0 aromatic carbocycles. The molecule has 0 spiro atoms. The Morgan fingerprint density at radius 2 is 1.33 bits per heavy atom. The number of rotatable bonds is 2. The van der Waals surface area contributed by atoms with Gasteiger partial charge in [0.05, 0.1) is 32.1 Å². The zero-order chi connectivity index (χ0) is 19.9. The van der Waals surface area contributed by atoms with Crippen molar-refractivity contribution in [2.45, 2.75) is 0 Å². The first-order valence-electron chi connectivity index (χ1n) is 9.65. The van der Waals surface area contributed by atoms with Crippen molar-refractivity contribution in [1.29, 1.82) is 0 Å². The summed E-state index contributed by atoms with van der Waals surface area (Å²) in [7, 11) is 0. The van der Waals surface area contributed by atoms with E-state index >= 15 is 0 Å². The van der Waals surface area contributed by atoms with Gasteiger partial charge in [0.2, 0.25) is 12.4 Å². The molecule has 6 heterocycles. The molecule has 0 fully saturated rings. The minimum absolute atomic E-state index is 0.854. The maximum Gasteiger partial charge on any atom is 0.302 e. The van der Waals surface area contributed by atoms with E-state index in [1.807, 2.05) is 67.4 Å². The van der Waals surface area contributed by atoms with E-state index in [0.29, 0.717) is 0 Å². The molecule has 0 amide bonds. The minimum atomic E-state index is 0.854. The SMILES string of the molecule is c1cnc2cncc(-c3nccc4c3ccc[n+]4-[n+]3cccc4ncccc43)c2c1. The number of aromatic nitrogens is 6. The summed E-state index contributed by atoms with van der Waals surface area (Å²) < 4.78 is 4.21. The molecule has 0 unspecified atom stereocenters. The van der Waals surface area contributed by atoms with Gasteiger partial charge in [0.1, 0.15) is 5.52 Å². The molecule has 6 aromatic rings. The second-order valence-corrected chi connectivity index (χ2v) is 6.96. The number of pyridine rings is 6. The molecule has 0 saturated heterocycles. The van der Waals surface area contributed by atoms with Crippen molar-refractivity contribution in [2.75, 3.05) is 0 Å². The molecule has 30 heavy (non-hydrogen) atoms. The molecular formula is C24H16N6+2. The molecule has 6 aromatic heterocycles. The molecule has 6 heteroatoms. The summed E-state index contributed by atoms with van der Waals surface area (Å²) in [5, 5.41) is 2.07. The van der Waals surface area contributed by atoms with Gasteiger partial charge in [-0.25, -0.2) is 4.98 Å². The fraction of sp³-hybridized carbons (Fsp3) is 0. The van der Waals surface area contributed by atoms with Gasteiger partial charge in [0.25, 0.3) is 5.52 Å². The number of hydrogen-bond donors (Lipinski definition) is 0. The van der Waals surface area contributed by atoms with Gasteiger partial charge in [0, 0.05) is 60.0 Å². The lowest BCUT2D eigenvalue weighted by atomic mass is 10.0. The third-order valence-electron chi connectivity index (χ3n) is 5.26. The number of nitrogens with zero attached hydrogens (tertiary/aromatic N) is 6. The van der Waals surface area contributed by atoms with Crippen LogP contribution in [0.25, 0.3) is 44.1 Å². The van der Waals surface area contributed by atoms with Crippen LogP contribution in [-0.4, -0.2) is 19.9 Å². The minimum Gasteiger partial charge on any atom is -0.262 e. The zero-order valence-corrected chi connectivity index (χ0v) is 15.9. The standard InChI is InChI=1S/C24H16N6/c1-5-17-19(15-25-16-21(17)27-10-1)24-18-6-3-13-29(22(18)9-12-28-24)30-14-4-7-20-23(30)8-2-11-26-20/h1-16H/q+2. The largest absolute Gasteiger partial charge is 0.302 e. The molecule has 0 bridgehead atoms. The van der Waals surface area contributed by atoms with Crippen molar-refractivity contribution in [1.82, 2.24) is 19.9 Å². The molecule has 140 valence electrons. The van der Waals surface area contributed by atoms with Crippen LogP contribution < -0.4 is 9.35 Å². The van der Waals surface area contributed by atoms with Gasteiger partial charge in [-0.2, -0.15) is 0 Å². The van der Waals surface area contributed by atoms with Gasteiger partial charge in [-0.3, -0.25) is 15.0 Å². The molecule has 6 nitrogen and oxygen atoms in total. The monoisotopic (exact) mass is 388 g/mol. The van der Waals surface area contributed by atoms with Crippen molar-refractivity contribution in [2.24, 2.45) is 0 Å². The van der Waals surface area contributed by atoms with E-state index in [-0.39, 0.29) is 0 Å². The summed E-state index contributed by atoms with van der Waals surface area (Å²) in [5.41, 5.74) is 5.69. The Balaban J connectivity index is 1.67. The van der Waals surface area contributed by atoms with E-state index in [1.165, 1.54) is 0 Å². The van der Waals surface area contributed by atoms with Crippen LogP contribution in [0.2, 0.25) is 0 Å². The molecule has 0 radical (unpaired) electrons. The van der Waals surface area contributed by atoms with Gasteiger partial charge in [0.15, 0.2) is 0 Å². The predicted octanol–water partition coefficient (Wildman–Crippen LogP) is 3.28. The van der Waals surface area contributed by atoms with Crippen molar-refractivity contribution in [3.63, 3.8) is 0 Å². The van der Waals surface area contributed by atoms with Crippen LogP contribution in [0.3, 0.4) is 0 Å². The van der Waals surface area contributed by atoms with E-state index in [4.69, 9.17) is 4.98 Å². The molecule has 0 N–H and O–H groups in total. The van der Waals surface area contributed by atoms with Gasteiger partial charge in [-0.15, -0.1) is 0 Å². The fourth-order valence-corrected chi connectivity index (χ4v) is 3.93. The average molecular weight is 388 g/mol. The normalized spacial score (nSPS) is 11.3. The highest BCUT2D eigenvalue weighted by Gasteiger charge is 2.24. The molecule has 0 aliphatic heterocycles. The number of fused-ring (bicyclic) bond motifs is 3. The first-order valence-corrected chi connectivity index (χ1v) is 9.65. The summed E-state index contributed by atoms with van der Waals surface area (Å²) in [6.07, 6.45) is 13.1. The predicted molar refractivity (Wildman–Crippen MR) is 113 cm³/mol. The topological polar surface area (TPSA) is 59.3 Å². The Hall–Kier alpha value is -4.32. The van der Waals surface area contributed by atoms with E-state index in [1.54, 1.807) is 12.4 Å². The highest BCUT2D eigenvalue weighted by atomic mass is 15.4. The van der Waals surface area contributed by atoms with Gasteiger partial charge in [-0.05, 0) is 24.3 Å². The smallest absolute Gasteiger partial charge is 0.262 e. The van der Waals surface area contributed by atoms with Crippen LogP contribution in [-0.2, 0) is 0 Å². The number of hydrogen-bond acceptors (Lipinski definition) is 4. The summed E-state index contributed by atoms with van der Waals surface area (Å²) in [6, 6.07) is 18.2.